The predicted octanol–water partition coefficient (Wildman–Crippen LogP) is 11.1. The maximum atomic E-state index is 13.9. The van der Waals surface area contributed by atoms with E-state index in [4.69, 9.17) is 57.5 Å². The van der Waals surface area contributed by atoms with Crippen molar-refractivity contribution < 1.29 is 89.4 Å². The molecule has 7 aromatic rings. The van der Waals surface area contributed by atoms with Gasteiger partial charge in [-0.05, 0) is 149 Å². The van der Waals surface area contributed by atoms with E-state index in [0.29, 0.717) is 126 Å². The Labute approximate surface area is 575 Å². The molecule has 4 aliphatic heterocycles. The van der Waals surface area contributed by atoms with Crippen LogP contribution in [0.25, 0.3) is 0 Å². The number of amides is 2. The Balaban J connectivity index is 0.000000234. The highest BCUT2D eigenvalue weighted by Crippen LogP contribution is 2.43. The molecule has 0 spiro atoms. The quantitative estimate of drug-likeness (QED) is 0.0199. The highest BCUT2D eigenvalue weighted by Gasteiger charge is 2.38. The molecule has 24 heteroatoms. The zero-order valence-electron chi connectivity index (χ0n) is 56.5. The Bertz CT molecular complexity index is 4210. The second-order valence-corrected chi connectivity index (χ2v) is 25.3. The number of para-hydroxylation sites is 2. The molecule has 0 aromatic heterocycles. The summed E-state index contributed by atoms with van der Waals surface area (Å²) in [4.78, 5) is 74.5. The molecule has 2 amide bonds. The summed E-state index contributed by atoms with van der Waals surface area (Å²) in [5.41, 5.74) is 11.6. The molecule has 522 valence electrons. The molecule has 23 nitrogen and oxygen atoms in total. The molecule has 0 aliphatic carbocycles. The molecule has 0 saturated heterocycles. The first-order chi connectivity index (χ1) is 47.8. The summed E-state index contributed by atoms with van der Waals surface area (Å²) in [7, 11) is 2.12. The molecule has 2 N–H and O–H groups in total. The molecule has 0 unspecified atom stereocenters. The number of methoxy groups -OCH3 is 4. The second-order valence-electron chi connectivity index (χ2n) is 23.6. The standard InChI is InChI=1S/C47H42N4O8.C15H22O6S.C13H18O5/c1-28-15-36-38(48-24-33-19-31-9-4-6-11-40(31)50(33)46(36)53)22-42(28)58-26-29-16-30(18-35(17-29)57-14-8-13-45(52)56-3)27-59-44-23-39-37(21-43(44)55-2)47(54)51-34(25-49-39)20-32-10-5-7-12-41(32)51;1-4-12-8-13(11-21-22(3,17)18)10-14(9-12)20-7-5-6-15(16)19-2;1-17-13(16)3-2-4-18-12-6-10(8-14)5-11(7-12)9-15/h4-7,9-12,15-18,21-25,33-34H,8,13-14,19-20,26-27H2,1-3H3;8-10H,4-7,11H2,1-3H3;5-7,14-15H,2-4,8-9H2,1H3/t33-,34-;;/m0../s1. The van der Waals surface area contributed by atoms with Crippen molar-refractivity contribution in [1.29, 1.82) is 0 Å². The van der Waals surface area contributed by atoms with Crippen molar-refractivity contribution in [2.75, 3.05) is 64.3 Å². The largest absolute Gasteiger partial charge is 0.494 e. The van der Waals surface area contributed by atoms with Gasteiger partial charge in [0, 0.05) is 68.0 Å². The van der Waals surface area contributed by atoms with Crippen LogP contribution in [-0.2, 0) is 95.2 Å². The van der Waals surface area contributed by atoms with Crippen molar-refractivity contribution in [1.82, 2.24) is 0 Å². The number of anilines is 2. The molecular weight excluding hydrogens is 1290 g/mol. The number of fused-ring (bicyclic) bond motifs is 8. The number of nitrogens with zero attached hydrogens (tertiary/aromatic N) is 4. The lowest BCUT2D eigenvalue weighted by atomic mass is 10.1. The van der Waals surface area contributed by atoms with Gasteiger partial charge in [0.25, 0.3) is 21.9 Å². The number of ether oxygens (including phenoxy) is 9. The fourth-order valence-corrected chi connectivity index (χ4v) is 11.8. The lowest BCUT2D eigenvalue weighted by molar-refractivity contribution is -0.141. The number of esters is 3. The van der Waals surface area contributed by atoms with Gasteiger partial charge in [-0.3, -0.25) is 47.9 Å². The van der Waals surface area contributed by atoms with E-state index in [2.05, 4.69) is 15.5 Å². The van der Waals surface area contributed by atoms with Crippen molar-refractivity contribution in [3.8, 4) is 34.5 Å². The highest BCUT2D eigenvalue weighted by molar-refractivity contribution is 7.85. The summed E-state index contributed by atoms with van der Waals surface area (Å²) in [6.07, 6.45) is 9.33. The average Bonchev–Trinajstić information content (AvgIpc) is 1.63. The third-order valence-corrected chi connectivity index (χ3v) is 17.0. The molecule has 4 aliphatic rings. The summed E-state index contributed by atoms with van der Waals surface area (Å²) >= 11 is 0. The van der Waals surface area contributed by atoms with Crippen molar-refractivity contribution in [3.63, 3.8) is 0 Å². The van der Waals surface area contributed by atoms with Gasteiger partial charge in [0.2, 0.25) is 0 Å². The lowest BCUT2D eigenvalue weighted by Crippen LogP contribution is -2.37. The number of rotatable bonds is 28. The van der Waals surface area contributed by atoms with Gasteiger partial charge < -0.3 is 52.8 Å². The zero-order chi connectivity index (χ0) is 70.6. The molecule has 99 heavy (non-hydrogen) atoms. The Kier molecular flexibility index (Phi) is 25.8. The molecule has 0 radical (unpaired) electrons. The van der Waals surface area contributed by atoms with Crippen molar-refractivity contribution in [2.45, 2.75) is 117 Å². The predicted molar refractivity (Wildman–Crippen MR) is 371 cm³/mol. The monoisotopic (exact) mass is 1370 g/mol. The third-order valence-electron chi connectivity index (χ3n) is 16.4. The number of aryl methyl sites for hydroxylation is 2. The summed E-state index contributed by atoms with van der Waals surface area (Å²) in [5, 5.41) is 18.1. The van der Waals surface area contributed by atoms with Crippen LogP contribution >= 0.6 is 0 Å². The SMILES string of the molecule is CCc1cc(COS(C)(=O)=O)cc(OCCCC(=O)OC)c1.COC(=O)CCCOc1cc(CO)cc(CO)c1.COC(=O)CCCOc1cc(COc2cc3c(cc2C)C(=O)N2c4ccccc4C[C@H]2C=N3)cc(COc2cc3c(cc2OC)C(=O)N2c4ccccc4C[C@H]2C=N3)c1. The van der Waals surface area contributed by atoms with Gasteiger partial charge in [0.1, 0.15) is 36.2 Å². The van der Waals surface area contributed by atoms with Crippen LogP contribution in [0.5, 0.6) is 34.5 Å². The van der Waals surface area contributed by atoms with E-state index < -0.39 is 10.1 Å². The van der Waals surface area contributed by atoms with Crippen molar-refractivity contribution in [3.05, 3.63) is 189 Å². The van der Waals surface area contributed by atoms with E-state index in [1.54, 1.807) is 48.4 Å². The van der Waals surface area contributed by atoms with E-state index in [1.165, 1.54) is 21.3 Å². The van der Waals surface area contributed by atoms with Crippen LogP contribution in [0.3, 0.4) is 0 Å². The van der Waals surface area contributed by atoms with Crippen LogP contribution in [0.4, 0.5) is 22.7 Å². The van der Waals surface area contributed by atoms with Gasteiger partial charge in [0.05, 0.1) is 109 Å². The molecular formula is C75H82N4O19S. The first-order valence-corrected chi connectivity index (χ1v) is 34.2. The average molecular weight is 1380 g/mol. The Morgan fingerprint density at radius 3 is 1.35 bits per heavy atom. The topological polar surface area (TPSA) is 283 Å². The van der Waals surface area contributed by atoms with Crippen LogP contribution in [0.1, 0.15) is 116 Å². The number of hydrogen-bond donors (Lipinski definition) is 2. The van der Waals surface area contributed by atoms with Crippen LogP contribution in [0, 0.1) is 6.92 Å². The molecule has 0 saturated carbocycles. The van der Waals surface area contributed by atoms with Gasteiger partial charge in [-0.1, -0.05) is 55.5 Å². The lowest BCUT2D eigenvalue weighted by Gasteiger charge is -2.22. The smallest absolute Gasteiger partial charge is 0.305 e. The molecule has 0 fully saturated rings. The minimum absolute atomic E-state index is 0.0226. The van der Waals surface area contributed by atoms with Crippen molar-refractivity contribution in [2.24, 2.45) is 9.98 Å². The zero-order valence-corrected chi connectivity index (χ0v) is 57.3. The van der Waals surface area contributed by atoms with E-state index in [1.807, 2.05) is 116 Å². The number of aliphatic hydroxyl groups excluding tert-OH is 2. The molecule has 0 bridgehead atoms. The summed E-state index contributed by atoms with van der Waals surface area (Å²) in [5.74, 6) is 2.16. The normalized spacial score (nSPS) is 14.4. The van der Waals surface area contributed by atoms with Gasteiger partial charge in [0.15, 0.2) is 11.5 Å². The van der Waals surface area contributed by atoms with E-state index in [9.17, 15) is 32.4 Å². The van der Waals surface area contributed by atoms with E-state index in [0.717, 1.165) is 69.4 Å². The maximum absolute atomic E-state index is 13.9. The maximum Gasteiger partial charge on any atom is 0.305 e. The number of hydrogen-bond acceptors (Lipinski definition) is 21. The molecule has 7 aromatic carbocycles. The summed E-state index contributed by atoms with van der Waals surface area (Å²) < 4.78 is 76.4. The Hall–Kier alpha value is -10.1. The summed E-state index contributed by atoms with van der Waals surface area (Å²) in [6.45, 7) is 5.07. The first kappa shape index (κ1) is 73.1. The van der Waals surface area contributed by atoms with E-state index in [-0.39, 0.29) is 81.3 Å². The minimum atomic E-state index is -3.48. The Morgan fingerprint density at radius 1 is 0.505 bits per heavy atom. The Morgan fingerprint density at radius 2 is 0.909 bits per heavy atom. The fraction of sp³-hybridized carbons (Fsp3) is 0.347. The second kappa shape index (κ2) is 34.9. The number of benzene rings is 7. The number of carbonyl (C=O) groups is 5. The minimum Gasteiger partial charge on any atom is -0.494 e. The third kappa shape index (κ3) is 19.8. The van der Waals surface area contributed by atoms with Gasteiger partial charge in [-0.15, -0.1) is 0 Å². The van der Waals surface area contributed by atoms with Gasteiger partial charge >= 0.3 is 17.9 Å². The summed E-state index contributed by atoms with van der Waals surface area (Å²) in [6, 6.07) is 39.0. The van der Waals surface area contributed by atoms with Crippen LogP contribution in [0.15, 0.2) is 137 Å². The number of aliphatic hydroxyl groups is 2. The molecule has 2 atom stereocenters. The molecule has 11 rings (SSSR count). The fourth-order valence-electron chi connectivity index (χ4n) is 11.5. The first-order valence-electron chi connectivity index (χ1n) is 32.4. The van der Waals surface area contributed by atoms with Gasteiger partial charge in [-0.2, -0.15) is 8.42 Å². The van der Waals surface area contributed by atoms with E-state index >= 15 is 0 Å². The van der Waals surface area contributed by atoms with Crippen LogP contribution in [0.2, 0.25) is 0 Å². The van der Waals surface area contributed by atoms with Gasteiger partial charge in [-0.25, -0.2) is 0 Å². The number of aliphatic imine (C=N–C) groups is 2. The molecule has 4 heterocycles. The van der Waals surface area contributed by atoms with Crippen LogP contribution < -0.4 is 38.2 Å². The number of carbonyl (C=O) groups excluding carboxylic acids is 5. The van der Waals surface area contributed by atoms with Crippen LogP contribution in [-0.4, -0.2) is 127 Å². The van der Waals surface area contributed by atoms with Crippen molar-refractivity contribution >= 4 is 75.0 Å². The highest BCUT2D eigenvalue weighted by atomic mass is 32.2.